The third-order valence-electron chi connectivity index (χ3n) is 3.51. The van der Waals surface area contributed by atoms with E-state index in [0.717, 1.165) is 38.4 Å². The maximum absolute atomic E-state index is 13.2. The Labute approximate surface area is 111 Å². The average Bonchev–Trinajstić information content (AvgIpc) is 2.40. The van der Waals surface area contributed by atoms with E-state index < -0.39 is 10.7 Å². The van der Waals surface area contributed by atoms with E-state index >= 15 is 0 Å². The molecule has 0 saturated carbocycles. The highest BCUT2D eigenvalue weighted by Gasteiger charge is 2.27. The molecule has 1 saturated heterocycles. The van der Waals surface area contributed by atoms with E-state index in [1.807, 2.05) is 11.9 Å². The van der Waals surface area contributed by atoms with Gasteiger partial charge < -0.3 is 10.2 Å². The van der Waals surface area contributed by atoms with E-state index in [4.69, 9.17) is 0 Å². The maximum Gasteiger partial charge on any atom is 0.295 e. The highest BCUT2D eigenvalue weighted by Crippen LogP contribution is 2.33. The molecular weight excluding hydrogens is 249 g/mol. The molecule has 1 unspecified atom stereocenters. The Bertz CT molecular complexity index is 465. The lowest BCUT2D eigenvalue weighted by Gasteiger charge is -2.37. The highest BCUT2D eigenvalue weighted by atomic mass is 19.1. The molecule has 0 aliphatic carbocycles. The van der Waals surface area contributed by atoms with Gasteiger partial charge in [-0.15, -0.1) is 0 Å². The standard InChI is InChI=1S/C13H18FN3O2/c1-15-9-11-4-2-3-7-16(11)12-6-5-10(14)8-13(12)17(18)19/h5-6,8,11,15H,2-4,7,9H2,1H3. The Morgan fingerprint density at radius 1 is 1.53 bits per heavy atom. The summed E-state index contributed by atoms with van der Waals surface area (Å²) in [6.45, 7) is 1.55. The first-order valence-electron chi connectivity index (χ1n) is 6.48. The predicted molar refractivity (Wildman–Crippen MR) is 72.0 cm³/mol. The molecule has 1 aromatic rings. The first-order valence-corrected chi connectivity index (χ1v) is 6.48. The van der Waals surface area contributed by atoms with Gasteiger partial charge in [0.2, 0.25) is 0 Å². The predicted octanol–water partition coefficient (Wildman–Crippen LogP) is 2.31. The quantitative estimate of drug-likeness (QED) is 0.672. The molecule has 1 aromatic carbocycles. The van der Waals surface area contributed by atoms with Crippen LogP contribution in [0.5, 0.6) is 0 Å². The monoisotopic (exact) mass is 267 g/mol. The number of anilines is 1. The molecule has 5 nitrogen and oxygen atoms in total. The second-order valence-electron chi connectivity index (χ2n) is 4.79. The van der Waals surface area contributed by atoms with E-state index in [1.165, 1.54) is 12.1 Å². The van der Waals surface area contributed by atoms with Crippen molar-refractivity contribution in [2.75, 3.05) is 25.0 Å². The second-order valence-corrected chi connectivity index (χ2v) is 4.79. The summed E-state index contributed by atoms with van der Waals surface area (Å²) in [5, 5.41) is 14.2. The zero-order valence-electron chi connectivity index (χ0n) is 10.9. The van der Waals surface area contributed by atoms with Crippen LogP contribution in [0.2, 0.25) is 0 Å². The Kier molecular flexibility index (Phi) is 4.31. The van der Waals surface area contributed by atoms with Crippen LogP contribution in [0.1, 0.15) is 19.3 Å². The lowest BCUT2D eigenvalue weighted by atomic mass is 10.0. The molecule has 1 heterocycles. The van der Waals surface area contributed by atoms with E-state index in [-0.39, 0.29) is 11.7 Å². The van der Waals surface area contributed by atoms with Crippen LogP contribution in [-0.4, -0.2) is 31.1 Å². The number of hydrogen-bond donors (Lipinski definition) is 1. The fourth-order valence-electron chi connectivity index (χ4n) is 2.65. The molecule has 0 radical (unpaired) electrons. The Hall–Kier alpha value is -1.69. The van der Waals surface area contributed by atoms with Crippen LogP contribution < -0.4 is 10.2 Å². The molecule has 1 fully saturated rings. The third-order valence-corrected chi connectivity index (χ3v) is 3.51. The number of piperidine rings is 1. The zero-order chi connectivity index (χ0) is 13.8. The minimum atomic E-state index is -0.572. The second kappa shape index (κ2) is 5.97. The number of benzene rings is 1. The first kappa shape index (κ1) is 13.7. The van der Waals surface area contributed by atoms with Gasteiger partial charge in [-0.1, -0.05) is 0 Å². The van der Waals surface area contributed by atoms with Crippen molar-refractivity contribution in [2.24, 2.45) is 0 Å². The molecule has 0 spiro atoms. The van der Waals surface area contributed by atoms with Gasteiger partial charge in [-0.2, -0.15) is 0 Å². The molecule has 2 rings (SSSR count). The van der Waals surface area contributed by atoms with Gasteiger partial charge >= 0.3 is 0 Å². The van der Waals surface area contributed by atoms with E-state index in [9.17, 15) is 14.5 Å². The van der Waals surface area contributed by atoms with E-state index in [0.29, 0.717) is 5.69 Å². The number of rotatable bonds is 4. The Morgan fingerprint density at radius 3 is 3.00 bits per heavy atom. The van der Waals surface area contributed by atoms with Gasteiger partial charge in [-0.25, -0.2) is 4.39 Å². The van der Waals surface area contributed by atoms with E-state index in [2.05, 4.69) is 5.32 Å². The van der Waals surface area contributed by atoms with Crippen molar-refractivity contribution < 1.29 is 9.31 Å². The molecule has 1 N–H and O–H groups in total. The van der Waals surface area contributed by atoms with Crippen molar-refractivity contribution in [3.63, 3.8) is 0 Å². The van der Waals surface area contributed by atoms with Gasteiger partial charge in [0.05, 0.1) is 11.0 Å². The first-order chi connectivity index (χ1) is 9.13. The minimum Gasteiger partial charge on any atom is -0.362 e. The number of nitro groups is 1. The van der Waals surface area contributed by atoms with Crippen LogP contribution in [-0.2, 0) is 0 Å². The summed E-state index contributed by atoms with van der Waals surface area (Å²) in [7, 11) is 1.87. The molecule has 0 amide bonds. The van der Waals surface area contributed by atoms with Crippen molar-refractivity contribution >= 4 is 11.4 Å². The largest absolute Gasteiger partial charge is 0.362 e. The van der Waals surface area contributed by atoms with Crippen LogP contribution in [0.25, 0.3) is 0 Å². The summed E-state index contributed by atoms with van der Waals surface area (Å²) < 4.78 is 13.2. The molecule has 1 aliphatic heterocycles. The Morgan fingerprint density at radius 2 is 2.32 bits per heavy atom. The molecular formula is C13H18FN3O2. The lowest BCUT2D eigenvalue weighted by Crippen LogP contribution is -2.45. The number of hydrogen-bond acceptors (Lipinski definition) is 4. The lowest BCUT2D eigenvalue weighted by molar-refractivity contribution is -0.384. The highest BCUT2D eigenvalue weighted by molar-refractivity contribution is 5.64. The maximum atomic E-state index is 13.2. The van der Waals surface area contributed by atoms with Crippen LogP contribution in [0.4, 0.5) is 15.8 Å². The summed E-state index contributed by atoms with van der Waals surface area (Å²) >= 11 is 0. The number of nitrogens with one attached hydrogen (secondary N) is 1. The van der Waals surface area contributed by atoms with E-state index in [1.54, 1.807) is 0 Å². The van der Waals surface area contributed by atoms with Gasteiger partial charge in [0.15, 0.2) is 0 Å². The molecule has 1 aliphatic rings. The van der Waals surface area contributed by atoms with Crippen molar-refractivity contribution in [1.29, 1.82) is 0 Å². The van der Waals surface area contributed by atoms with Crippen molar-refractivity contribution in [1.82, 2.24) is 5.32 Å². The summed E-state index contributed by atoms with van der Waals surface area (Å²) in [6.07, 6.45) is 3.13. The van der Waals surface area contributed by atoms with Gasteiger partial charge in [0, 0.05) is 19.1 Å². The fraction of sp³-hybridized carbons (Fsp3) is 0.538. The normalized spacial score (nSPS) is 19.5. The Balaban J connectivity index is 2.35. The number of nitro benzene ring substituents is 1. The van der Waals surface area contributed by atoms with Gasteiger partial charge in [-0.3, -0.25) is 10.1 Å². The molecule has 0 bridgehead atoms. The van der Waals surface area contributed by atoms with Crippen molar-refractivity contribution in [3.8, 4) is 0 Å². The average molecular weight is 267 g/mol. The topological polar surface area (TPSA) is 58.4 Å². The summed E-state index contributed by atoms with van der Waals surface area (Å²) in [5.74, 6) is -0.572. The summed E-state index contributed by atoms with van der Waals surface area (Å²) in [4.78, 5) is 12.6. The molecule has 19 heavy (non-hydrogen) atoms. The van der Waals surface area contributed by atoms with Crippen molar-refractivity contribution in [3.05, 3.63) is 34.1 Å². The van der Waals surface area contributed by atoms with Gasteiger partial charge in [-0.05, 0) is 38.4 Å². The summed E-state index contributed by atoms with van der Waals surface area (Å²) in [6, 6.07) is 4.03. The van der Waals surface area contributed by atoms with Crippen LogP contribution in [0, 0.1) is 15.9 Å². The number of likely N-dealkylation sites (N-methyl/N-ethyl adjacent to an activating group) is 1. The van der Waals surface area contributed by atoms with Crippen molar-refractivity contribution in [2.45, 2.75) is 25.3 Å². The molecule has 104 valence electrons. The zero-order valence-corrected chi connectivity index (χ0v) is 10.9. The minimum absolute atomic E-state index is 0.150. The SMILES string of the molecule is CNCC1CCCCN1c1ccc(F)cc1[N+](=O)[O-]. The smallest absolute Gasteiger partial charge is 0.295 e. The van der Waals surface area contributed by atoms with Crippen LogP contribution in [0.15, 0.2) is 18.2 Å². The molecule has 6 heteroatoms. The fourth-order valence-corrected chi connectivity index (χ4v) is 2.65. The van der Waals surface area contributed by atoms with Crippen LogP contribution in [0.3, 0.4) is 0 Å². The van der Waals surface area contributed by atoms with Crippen LogP contribution >= 0.6 is 0 Å². The van der Waals surface area contributed by atoms with Gasteiger partial charge in [0.1, 0.15) is 11.5 Å². The van der Waals surface area contributed by atoms with Gasteiger partial charge in [0.25, 0.3) is 5.69 Å². The number of nitrogens with zero attached hydrogens (tertiary/aromatic N) is 2. The third kappa shape index (κ3) is 3.01. The summed E-state index contributed by atoms with van der Waals surface area (Å²) in [5.41, 5.74) is 0.370. The number of halogens is 1. The molecule has 1 atom stereocenters. The molecule has 0 aromatic heterocycles.